The van der Waals surface area contributed by atoms with E-state index in [0.29, 0.717) is 15.0 Å². The standard InChI is InChI=1S/C18H19F2INO6P.C14H10F2INO3/c1-3-27-29(25,28-4-2)10-26-15-9-11(5-8-14(15)21)22-17-12(18(23)24)6-7-13(19)16(17)20;1-21-11-6-7(2-5-10(11)17)18-13-8(14(19)20)3-4-9(15)12(13)16/h5-9,22H,3-4,10H2,1-2H3,(H,23,24);2-6,18H,1H3,(H,19,20). The van der Waals surface area contributed by atoms with E-state index in [9.17, 15) is 36.8 Å². The van der Waals surface area contributed by atoms with Gasteiger partial charge in [-0.2, -0.15) is 0 Å². The summed E-state index contributed by atoms with van der Waals surface area (Å²) in [5.41, 5.74) is -1.09. The predicted molar refractivity (Wildman–Crippen MR) is 194 cm³/mol. The normalized spacial score (nSPS) is 10.9. The molecule has 0 aliphatic carbocycles. The smallest absolute Gasteiger partial charge is 0.367 e. The summed E-state index contributed by atoms with van der Waals surface area (Å²) < 4.78 is 89.9. The number of ether oxygens (including phenoxy) is 2. The van der Waals surface area contributed by atoms with Gasteiger partial charge in [-0.3, -0.25) is 4.57 Å². The molecule has 0 unspecified atom stereocenters. The molecule has 18 heteroatoms. The summed E-state index contributed by atoms with van der Waals surface area (Å²) in [5, 5.41) is 23.4. The Morgan fingerprint density at radius 3 is 1.54 bits per heavy atom. The second kappa shape index (κ2) is 18.5. The van der Waals surface area contributed by atoms with E-state index in [0.717, 1.165) is 27.8 Å². The maximum atomic E-state index is 14.2. The van der Waals surface area contributed by atoms with Crippen molar-refractivity contribution in [3.8, 4) is 11.5 Å². The highest BCUT2D eigenvalue weighted by Crippen LogP contribution is 2.48. The van der Waals surface area contributed by atoms with Gasteiger partial charge in [0.1, 0.15) is 11.5 Å². The molecule has 0 saturated carbocycles. The molecule has 50 heavy (non-hydrogen) atoms. The molecule has 0 saturated heterocycles. The average Bonchev–Trinajstić information content (AvgIpc) is 3.06. The van der Waals surface area contributed by atoms with Crippen molar-refractivity contribution in [2.24, 2.45) is 0 Å². The average molecular weight is 946 g/mol. The van der Waals surface area contributed by atoms with E-state index in [1.54, 1.807) is 38.1 Å². The summed E-state index contributed by atoms with van der Waals surface area (Å²) in [6, 6.07) is 13.0. The lowest BCUT2D eigenvalue weighted by Crippen LogP contribution is -2.08. The molecule has 0 bridgehead atoms. The van der Waals surface area contributed by atoms with Crippen molar-refractivity contribution in [1.82, 2.24) is 0 Å². The van der Waals surface area contributed by atoms with Crippen LogP contribution in [0.15, 0.2) is 60.7 Å². The van der Waals surface area contributed by atoms with Crippen molar-refractivity contribution in [3.63, 3.8) is 0 Å². The molecule has 4 aromatic rings. The van der Waals surface area contributed by atoms with Gasteiger partial charge in [-0.05, 0) is 108 Å². The van der Waals surface area contributed by atoms with Crippen LogP contribution in [0.25, 0.3) is 0 Å². The summed E-state index contributed by atoms with van der Waals surface area (Å²) in [6.07, 6.45) is -0.344. The summed E-state index contributed by atoms with van der Waals surface area (Å²) in [6.45, 7) is 3.70. The van der Waals surface area contributed by atoms with E-state index in [1.807, 2.05) is 22.6 Å². The summed E-state index contributed by atoms with van der Waals surface area (Å²) in [5.74, 6) is -6.82. The predicted octanol–water partition coefficient (Wildman–Crippen LogP) is 9.63. The Hall–Kier alpha value is -3.65. The van der Waals surface area contributed by atoms with Crippen molar-refractivity contribution in [3.05, 3.63) is 102 Å². The first-order valence-corrected chi connectivity index (χ1v) is 18.1. The Bertz CT molecular complexity index is 1910. The maximum absolute atomic E-state index is 14.2. The number of carboxylic acids is 2. The molecule has 0 aromatic heterocycles. The van der Waals surface area contributed by atoms with E-state index >= 15 is 0 Å². The number of carbonyl (C=O) groups is 2. The number of carboxylic acid groups (broad SMARTS) is 2. The molecule has 4 rings (SSSR count). The van der Waals surface area contributed by atoms with Crippen LogP contribution in [0.5, 0.6) is 11.5 Å². The van der Waals surface area contributed by atoms with Crippen LogP contribution in [0.3, 0.4) is 0 Å². The Balaban J connectivity index is 0.000000284. The number of rotatable bonds is 14. The SMILES string of the molecule is CCOP(=O)(COc1cc(Nc2c(C(=O)O)ccc(F)c2F)ccc1I)OCC.COc1cc(Nc2c(C(=O)O)ccc(F)c2F)ccc1I. The lowest BCUT2D eigenvalue weighted by Gasteiger charge is -2.18. The molecular weight excluding hydrogens is 917 g/mol. The first kappa shape index (κ1) is 40.8. The number of methoxy groups -OCH3 is 1. The van der Waals surface area contributed by atoms with Crippen LogP contribution in [0.4, 0.5) is 40.3 Å². The maximum Gasteiger partial charge on any atom is 0.367 e. The molecule has 0 atom stereocenters. The Kier molecular flexibility index (Phi) is 15.1. The van der Waals surface area contributed by atoms with Crippen LogP contribution in [0.2, 0.25) is 0 Å². The Morgan fingerprint density at radius 2 is 1.14 bits per heavy atom. The number of halogens is 6. The zero-order valence-corrected chi connectivity index (χ0v) is 31.6. The van der Waals surface area contributed by atoms with E-state index in [2.05, 4.69) is 33.2 Å². The third-order valence-electron chi connectivity index (χ3n) is 6.30. The van der Waals surface area contributed by atoms with Crippen LogP contribution >= 0.6 is 52.8 Å². The zero-order valence-electron chi connectivity index (χ0n) is 26.4. The van der Waals surface area contributed by atoms with Crippen molar-refractivity contribution in [2.75, 3.05) is 37.3 Å². The number of aromatic carboxylic acids is 2. The third-order valence-corrected chi connectivity index (χ3v) is 9.83. The minimum atomic E-state index is -3.45. The fourth-order valence-corrected chi connectivity index (χ4v) is 6.43. The van der Waals surface area contributed by atoms with E-state index in [1.165, 1.54) is 19.2 Å². The third kappa shape index (κ3) is 10.7. The van der Waals surface area contributed by atoms with E-state index in [4.69, 9.17) is 23.6 Å². The van der Waals surface area contributed by atoms with Gasteiger partial charge in [-0.1, -0.05) is 0 Å². The zero-order chi connectivity index (χ0) is 37.2. The van der Waals surface area contributed by atoms with Crippen molar-refractivity contribution in [2.45, 2.75) is 13.8 Å². The molecule has 0 aliphatic heterocycles. The van der Waals surface area contributed by atoms with Crippen LogP contribution in [0.1, 0.15) is 34.6 Å². The fourth-order valence-electron chi connectivity index (χ4n) is 4.07. The molecule has 4 N–H and O–H groups in total. The van der Waals surface area contributed by atoms with Crippen LogP contribution in [-0.2, 0) is 13.6 Å². The van der Waals surface area contributed by atoms with Gasteiger partial charge in [0.25, 0.3) is 0 Å². The molecule has 0 fully saturated rings. The van der Waals surface area contributed by atoms with Gasteiger partial charge in [0, 0.05) is 23.5 Å². The minimum Gasteiger partial charge on any atom is -0.496 e. The highest BCUT2D eigenvalue weighted by Gasteiger charge is 2.26. The quantitative estimate of drug-likeness (QED) is 0.0543. The van der Waals surface area contributed by atoms with Gasteiger partial charge in [-0.15, -0.1) is 0 Å². The molecule has 0 aliphatic rings. The molecule has 11 nitrogen and oxygen atoms in total. The summed E-state index contributed by atoms with van der Waals surface area (Å²) in [4.78, 5) is 22.4. The Morgan fingerprint density at radius 1 is 0.720 bits per heavy atom. The number of nitrogens with one attached hydrogen (secondary N) is 2. The highest BCUT2D eigenvalue weighted by atomic mass is 127. The topological polar surface area (TPSA) is 153 Å². The largest absolute Gasteiger partial charge is 0.496 e. The van der Waals surface area contributed by atoms with Crippen LogP contribution < -0.4 is 20.1 Å². The number of anilines is 4. The number of hydrogen-bond donors (Lipinski definition) is 4. The summed E-state index contributed by atoms with van der Waals surface area (Å²) >= 11 is 4.04. The first-order chi connectivity index (χ1) is 23.6. The second-order valence-corrected chi connectivity index (χ2v) is 14.0. The molecule has 4 aromatic carbocycles. The number of hydrogen-bond acceptors (Lipinski definition) is 9. The van der Waals surface area contributed by atoms with Crippen LogP contribution in [-0.4, -0.2) is 48.8 Å². The summed E-state index contributed by atoms with van der Waals surface area (Å²) in [7, 11) is -1.98. The monoisotopic (exact) mass is 946 g/mol. The van der Waals surface area contributed by atoms with Crippen molar-refractivity contribution in [1.29, 1.82) is 0 Å². The molecule has 0 radical (unpaired) electrons. The van der Waals surface area contributed by atoms with Gasteiger partial charge < -0.3 is 39.4 Å². The first-order valence-electron chi connectivity index (χ1n) is 14.2. The van der Waals surface area contributed by atoms with Gasteiger partial charge in [-0.25, -0.2) is 27.2 Å². The van der Waals surface area contributed by atoms with Gasteiger partial charge in [0.2, 0.25) is 0 Å². The van der Waals surface area contributed by atoms with Gasteiger partial charge in [0.05, 0.1) is 50.0 Å². The second-order valence-electron chi connectivity index (χ2n) is 9.64. The molecule has 0 spiro atoms. The van der Waals surface area contributed by atoms with Crippen molar-refractivity contribution >= 4 is 87.5 Å². The Labute approximate surface area is 311 Å². The lowest BCUT2D eigenvalue weighted by atomic mass is 10.1. The molecule has 268 valence electrons. The van der Waals surface area contributed by atoms with Crippen LogP contribution in [0, 0.1) is 30.4 Å². The van der Waals surface area contributed by atoms with Gasteiger partial charge in [0.15, 0.2) is 29.6 Å². The highest BCUT2D eigenvalue weighted by molar-refractivity contribution is 14.1. The van der Waals surface area contributed by atoms with E-state index in [-0.39, 0.29) is 36.6 Å². The minimum absolute atomic E-state index is 0.177. The fraction of sp³-hybridized carbons (Fsp3) is 0.188. The number of benzene rings is 4. The lowest BCUT2D eigenvalue weighted by molar-refractivity contribution is 0.0686. The molecular formula is C32H29F4I2N2O9P. The van der Waals surface area contributed by atoms with Crippen molar-refractivity contribution < 1.29 is 60.5 Å². The van der Waals surface area contributed by atoms with Gasteiger partial charge >= 0.3 is 19.5 Å². The molecule has 0 heterocycles. The molecule has 0 amide bonds. The van der Waals surface area contributed by atoms with E-state index < -0.39 is 59.7 Å².